The number of unbranched alkanes of at least 4 members (excludes halogenated alkanes) is 2. The molecule has 1 saturated heterocycles. The fourth-order valence-corrected chi connectivity index (χ4v) is 4.29. The Bertz CT molecular complexity index is 818. The second-order valence-corrected chi connectivity index (χ2v) is 8.60. The number of hydrogen-bond donors (Lipinski definition) is 5. The normalized spacial score (nSPS) is 21.8. The summed E-state index contributed by atoms with van der Waals surface area (Å²) in [6.07, 6.45) is 5.41. The summed E-state index contributed by atoms with van der Waals surface area (Å²) in [4.78, 5) is 11.9. The molecule has 0 radical (unpaired) electrons. The number of anilines is 1. The number of methoxy groups -OCH3 is 1. The van der Waals surface area contributed by atoms with Crippen LogP contribution in [0.25, 0.3) is 0 Å². The summed E-state index contributed by atoms with van der Waals surface area (Å²) in [5, 5.41) is 16.6. The summed E-state index contributed by atoms with van der Waals surface area (Å²) >= 11 is 0. The number of rotatable bonds is 13. The van der Waals surface area contributed by atoms with Crippen LogP contribution < -0.4 is 31.3 Å². The summed E-state index contributed by atoms with van der Waals surface area (Å²) < 4.78 is 19.2. The highest BCUT2D eigenvalue weighted by Gasteiger charge is 2.25. The molecule has 1 fully saturated rings. The zero-order valence-electron chi connectivity index (χ0n) is 20.8. The first kappa shape index (κ1) is 26.2. The number of likely N-dealkylation sites (N-methyl/N-ethyl adjacent to an activating group) is 1. The van der Waals surface area contributed by atoms with Gasteiger partial charge in [-0.3, -0.25) is 20.5 Å². The van der Waals surface area contributed by atoms with Crippen molar-refractivity contribution in [2.24, 2.45) is 9.98 Å². The molecule has 10 heteroatoms. The monoisotopic (exact) mass is 476 g/mol. The highest BCUT2D eigenvalue weighted by Crippen LogP contribution is 2.20. The molecule has 9 nitrogen and oxygen atoms in total. The van der Waals surface area contributed by atoms with Crippen LogP contribution in [0.3, 0.4) is 0 Å². The smallest absolute Gasteiger partial charge is 0.205 e. The van der Waals surface area contributed by atoms with Gasteiger partial charge in [0.1, 0.15) is 0 Å². The van der Waals surface area contributed by atoms with E-state index >= 15 is 0 Å². The molecule has 0 aromatic heterocycles. The second-order valence-electron chi connectivity index (χ2n) is 8.60. The Morgan fingerprint density at radius 3 is 2.91 bits per heavy atom. The van der Waals surface area contributed by atoms with Crippen LogP contribution in [0, 0.1) is 5.82 Å². The number of guanidine groups is 2. The number of nitrogens with zero attached hydrogens (tertiary/aromatic N) is 3. The Labute approximate surface area is 203 Å². The predicted molar refractivity (Wildman–Crippen MR) is 137 cm³/mol. The van der Waals surface area contributed by atoms with Crippen LogP contribution in [0.2, 0.25) is 0 Å². The first-order valence-electron chi connectivity index (χ1n) is 12.6. The fraction of sp³-hybridized carbons (Fsp3) is 0.667. The minimum atomic E-state index is -0.427. The van der Waals surface area contributed by atoms with Crippen LogP contribution in [0.15, 0.2) is 28.2 Å². The van der Waals surface area contributed by atoms with Crippen molar-refractivity contribution in [2.75, 3.05) is 51.7 Å². The Kier molecular flexibility index (Phi) is 10.8. The molecular weight excluding hydrogens is 435 g/mol. The van der Waals surface area contributed by atoms with Crippen molar-refractivity contribution in [3.05, 3.63) is 24.0 Å². The van der Waals surface area contributed by atoms with Gasteiger partial charge in [0.25, 0.3) is 0 Å². The predicted octanol–water partition coefficient (Wildman–Crippen LogP) is 2.29. The molecule has 2 atom stereocenters. The molecule has 34 heavy (non-hydrogen) atoms. The molecule has 3 rings (SSSR count). The third-order valence-electron chi connectivity index (χ3n) is 6.17. The summed E-state index contributed by atoms with van der Waals surface area (Å²) in [5.74, 6) is 0.961. The van der Waals surface area contributed by atoms with Crippen molar-refractivity contribution in [1.29, 1.82) is 0 Å². The number of likely N-dealkylation sites (tertiary alicyclic amines) is 1. The van der Waals surface area contributed by atoms with Crippen LogP contribution in [-0.2, 0) is 0 Å². The molecule has 2 aliphatic rings. The van der Waals surface area contributed by atoms with Crippen LogP contribution in [0.5, 0.6) is 5.75 Å². The fourth-order valence-electron chi connectivity index (χ4n) is 4.29. The van der Waals surface area contributed by atoms with Crippen LogP contribution in [-0.4, -0.2) is 75.5 Å². The highest BCUT2D eigenvalue weighted by atomic mass is 19.1. The third-order valence-corrected chi connectivity index (χ3v) is 6.17. The third kappa shape index (κ3) is 8.11. The molecule has 2 heterocycles. The average molecular weight is 477 g/mol. The van der Waals surface area contributed by atoms with Gasteiger partial charge in [-0.1, -0.05) is 20.3 Å². The van der Waals surface area contributed by atoms with Gasteiger partial charge in [0.2, 0.25) is 11.9 Å². The summed E-state index contributed by atoms with van der Waals surface area (Å²) in [5.41, 5.74) is 0.584. The van der Waals surface area contributed by atoms with E-state index in [1.54, 1.807) is 12.1 Å². The van der Waals surface area contributed by atoms with E-state index in [0.29, 0.717) is 23.6 Å². The molecule has 1 aromatic carbocycles. The lowest BCUT2D eigenvalue weighted by atomic mass is 10.2. The first-order valence-corrected chi connectivity index (χ1v) is 12.6. The van der Waals surface area contributed by atoms with E-state index in [2.05, 4.69) is 45.3 Å². The van der Waals surface area contributed by atoms with Crippen LogP contribution >= 0.6 is 0 Å². The van der Waals surface area contributed by atoms with Gasteiger partial charge in [-0.15, -0.1) is 0 Å². The zero-order valence-corrected chi connectivity index (χ0v) is 20.8. The largest absolute Gasteiger partial charge is 0.494 e. The van der Waals surface area contributed by atoms with Crippen molar-refractivity contribution >= 4 is 17.6 Å². The van der Waals surface area contributed by atoms with E-state index < -0.39 is 5.82 Å². The maximum Gasteiger partial charge on any atom is 0.205 e. The molecule has 0 bridgehead atoms. The van der Waals surface area contributed by atoms with Gasteiger partial charge in [-0.05, 0) is 64.0 Å². The van der Waals surface area contributed by atoms with Gasteiger partial charge >= 0.3 is 0 Å². The lowest BCUT2D eigenvalue weighted by Gasteiger charge is -2.29. The van der Waals surface area contributed by atoms with Crippen LogP contribution in [0.1, 0.15) is 46.0 Å². The maximum absolute atomic E-state index is 14.2. The van der Waals surface area contributed by atoms with Gasteiger partial charge < -0.3 is 20.7 Å². The molecule has 190 valence electrons. The van der Waals surface area contributed by atoms with Crippen molar-refractivity contribution in [3.63, 3.8) is 0 Å². The van der Waals surface area contributed by atoms with Crippen molar-refractivity contribution < 1.29 is 9.13 Å². The van der Waals surface area contributed by atoms with E-state index in [1.165, 1.54) is 26.0 Å². The molecule has 0 saturated carbocycles. The van der Waals surface area contributed by atoms with Crippen molar-refractivity contribution in [1.82, 2.24) is 26.2 Å². The molecule has 2 aliphatic heterocycles. The Morgan fingerprint density at radius 2 is 2.15 bits per heavy atom. The molecule has 0 amide bonds. The van der Waals surface area contributed by atoms with Crippen LogP contribution in [0.4, 0.5) is 10.1 Å². The molecular formula is C24H41FN8O. The maximum atomic E-state index is 14.2. The number of aliphatic imine (C=N–C) groups is 2. The first-order chi connectivity index (χ1) is 16.6. The van der Waals surface area contributed by atoms with E-state index in [9.17, 15) is 4.39 Å². The minimum absolute atomic E-state index is 0.207. The second kappa shape index (κ2) is 14.1. The van der Waals surface area contributed by atoms with E-state index in [4.69, 9.17) is 14.7 Å². The van der Waals surface area contributed by atoms with Crippen molar-refractivity contribution in [3.8, 4) is 5.75 Å². The number of nitrogens with one attached hydrogen (secondary N) is 5. The van der Waals surface area contributed by atoms with Crippen molar-refractivity contribution in [2.45, 2.75) is 58.3 Å². The molecule has 0 spiro atoms. The summed E-state index contributed by atoms with van der Waals surface area (Å²) in [7, 11) is 1.45. The summed E-state index contributed by atoms with van der Waals surface area (Å²) in [6.45, 7) is 10.2. The van der Waals surface area contributed by atoms with E-state index in [1.807, 2.05) is 0 Å². The lowest BCUT2D eigenvalue weighted by Crippen LogP contribution is -2.58. The zero-order chi connectivity index (χ0) is 24.2. The van der Waals surface area contributed by atoms with Gasteiger partial charge in [0.15, 0.2) is 17.9 Å². The Hall–Kier alpha value is -2.43. The number of halogens is 1. The highest BCUT2D eigenvalue weighted by molar-refractivity contribution is 6.06. The van der Waals surface area contributed by atoms with E-state index in [-0.39, 0.29) is 12.0 Å². The van der Waals surface area contributed by atoms with Gasteiger partial charge in [0, 0.05) is 30.9 Å². The minimum Gasteiger partial charge on any atom is -0.494 e. The molecule has 2 unspecified atom stereocenters. The molecule has 5 N–H and O–H groups in total. The van der Waals surface area contributed by atoms with Gasteiger partial charge in [-0.2, -0.15) is 0 Å². The molecule has 1 aromatic rings. The van der Waals surface area contributed by atoms with Gasteiger partial charge in [0.05, 0.1) is 7.11 Å². The van der Waals surface area contributed by atoms with Gasteiger partial charge in [-0.25, -0.2) is 9.38 Å². The average Bonchev–Trinajstić information content (AvgIpc) is 3.30. The number of hydrogen-bond acceptors (Lipinski definition) is 7. The quantitative estimate of drug-likeness (QED) is 0.279. The Morgan fingerprint density at radius 1 is 1.26 bits per heavy atom. The standard InChI is InChI=1S/C24H41FN8O/c1-4-26-13-7-6-8-14-27-22-30-23(28-17-19-10-9-15-33(19)5-2)32-24(31-22)29-18-11-12-21(34-3)20(25)16-18/h11-12,16,19,23,26,28H,4-10,13-15,17H2,1-3H3,(H3,27,29,30,31,32). The molecule has 0 aliphatic carbocycles. The Balaban J connectivity index is 1.61. The topological polar surface area (TPSA) is 97.3 Å². The van der Waals surface area contributed by atoms with E-state index in [0.717, 1.165) is 58.5 Å². The number of ether oxygens (including phenoxy) is 1. The summed E-state index contributed by atoms with van der Waals surface area (Å²) in [6, 6.07) is 5.26. The number of benzene rings is 1. The SMILES string of the molecule is CCNCCCCCN=C1NC(Nc2ccc(OC)c(F)c2)=NC(NCC2CCCN2CC)N1. The lowest BCUT2D eigenvalue weighted by molar-refractivity contribution is 0.252.